The molecule has 2 rings (SSSR count). The standard InChI is InChI=1S/C11H10FNO2S/c12-9(8-4-2-1-3-5-8)10(14)13-6-7-16-11(13)15/h1-5,9H,6-7H2. The lowest BCUT2D eigenvalue weighted by Crippen LogP contribution is -2.33. The van der Waals surface area contributed by atoms with Crippen LogP contribution < -0.4 is 0 Å². The Labute approximate surface area is 96.6 Å². The summed E-state index contributed by atoms with van der Waals surface area (Å²) in [5, 5.41) is -0.358. The van der Waals surface area contributed by atoms with Gasteiger partial charge in [-0.15, -0.1) is 0 Å². The summed E-state index contributed by atoms with van der Waals surface area (Å²) in [5.74, 6) is -0.215. The van der Waals surface area contributed by atoms with Crippen LogP contribution in [-0.2, 0) is 4.79 Å². The minimum absolute atomic E-state index is 0.289. The summed E-state index contributed by atoms with van der Waals surface area (Å²) in [6.45, 7) is 0.301. The van der Waals surface area contributed by atoms with Gasteiger partial charge in [-0.3, -0.25) is 14.5 Å². The van der Waals surface area contributed by atoms with Gasteiger partial charge in [0.1, 0.15) is 0 Å². The molecule has 16 heavy (non-hydrogen) atoms. The number of rotatable bonds is 2. The third kappa shape index (κ3) is 2.09. The highest BCUT2D eigenvalue weighted by atomic mass is 32.2. The zero-order valence-corrected chi connectivity index (χ0v) is 9.24. The van der Waals surface area contributed by atoms with Crippen molar-refractivity contribution in [3.63, 3.8) is 0 Å². The van der Waals surface area contributed by atoms with Crippen LogP contribution in [0, 0.1) is 0 Å². The summed E-state index contributed by atoms with van der Waals surface area (Å²) in [6.07, 6.45) is -1.75. The van der Waals surface area contributed by atoms with Crippen LogP contribution in [0.1, 0.15) is 11.7 Å². The molecule has 1 aliphatic rings. The van der Waals surface area contributed by atoms with Gasteiger partial charge in [-0.1, -0.05) is 42.1 Å². The topological polar surface area (TPSA) is 37.4 Å². The Kier molecular flexibility index (Phi) is 3.24. The second-order valence-corrected chi connectivity index (χ2v) is 4.42. The van der Waals surface area contributed by atoms with Crippen molar-refractivity contribution in [3.8, 4) is 0 Å². The van der Waals surface area contributed by atoms with E-state index in [1.165, 1.54) is 12.1 Å². The first-order valence-electron chi connectivity index (χ1n) is 4.87. The van der Waals surface area contributed by atoms with E-state index >= 15 is 0 Å². The van der Waals surface area contributed by atoms with E-state index in [0.29, 0.717) is 12.3 Å². The van der Waals surface area contributed by atoms with Crippen LogP contribution >= 0.6 is 11.8 Å². The highest BCUT2D eigenvalue weighted by Gasteiger charge is 2.33. The number of alkyl halides is 1. The fourth-order valence-corrected chi connectivity index (χ4v) is 2.28. The minimum Gasteiger partial charge on any atom is -0.271 e. The number of imide groups is 1. The van der Waals surface area contributed by atoms with Crippen LogP contribution in [-0.4, -0.2) is 28.3 Å². The Hall–Kier alpha value is -1.36. The quantitative estimate of drug-likeness (QED) is 0.795. The third-order valence-electron chi connectivity index (χ3n) is 2.34. The maximum Gasteiger partial charge on any atom is 0.288 e. The van der Waals surface area contributed by atoms with E-state index in [9.17, 15) is 14.0 Å². The average molecular weight is 239 g/mol. The second kappa shape index (κ2) is 4.65. The summed E-state index contributed by atoms with van der Waals surface area (Å²) in [7, 11) is 0. The zero-order valence-electron chi connectivity index (χ0n) is 8.43. The van der Waals surface area contributed by atoms with Gasteiger partial charge in [0.05, 0.1) is 0 Å². The number of carbonyl (C=O) groups is 2. The van der Waals surface area contributed by atoms with Gasteiger partial charge in [0, 0.05) is 12.3 Å². The molecule has 1 aromatic rings. The number of carbonyl (C=O) groups excluding carboxylic acids is 2. The molecule has 0 saturated carbocycles. The first-order valence-corrected chi connectivity index (χ1v) is 5.86. The molecular formula is C11H10FNO2S. The van der Waals surface area contributed by atoms with Crippen LogP contribution in [0.2, 0.25) is 0 Å². The number of hydrogen-bond acceptors (Lipinski definition) is 3. The molecule has 1 unspecified atom stereocenters. The van der Waals surface area contributed by atoms with E-state index in [2.05, 4.69) is 0 Å². The van der Waals surface area contributed by atoms with Crippen LogP contribution in [0.3, 0.4) is 0 Å². The van der Waals surface area contributed by atoms with Gasteiger partial charge in [-0.2, -0.15) is 0 Å². The van der Waals surface area contributed by atoms with Crippen molar-refractivity contribution in [3.05, 3.63) is 35.9 Å². The summed E-state index contributed by atoms with van der Waals surface area (Å²) in [6, 6.07) is 8.15. The zero-order chi connectivity index (χ0) is 11.5. The molecule has 0 N–H and O–H groups in total. The van der Waals surface area contributed by atoms with Crippen molar-refractivity contribution < 1.29 is 14.0 Å². The fraction of sp³-hybridized carbons (Fsp3) is 0.273. The molecule has 0 aromatic heterocycles. The van der Waals surface area contributed by atoms with E-state index in [1.807, 2.05) is 0 Å². The first kappa shape index (κ1) is 11.1. The SMILES string of the molecule is O=C1SCCN1C(=O)C(F)c1ccccc1. The molecule has 1 atom stereocenters. The second-order valence-electron chi connectivity index (χ2n) is 3.38. The summed E-state index contributed by atoms with van der Waals surface area (Å²) in [4.78, 5) is 23.9. The van der Waals surface area contributed by atoms with Crippen LogP contribution in [0.15, 0.2) is 30.3 Å². The van der Waals surface area contributed by atoms with E-state index in [4.69, 9.17) is 0 Å². The number of halogens is 1. The number of nitrogens with zero attached hydrogens (tertiary/aromatic N) is 1. The van der Waals surface area contributed by atoms with Gasteiger partial charge >= 0.3 is 0 Å². The number of hydrogen-bond donors (Lipinski definition) is 0. The summed E-state index contributed by atoms with van der Waals surface area (Å²) >= 11 is 1.05. The molecular weight excluding hydrogens is 229 g/mol. The molecule has 1 saturated heterocycles. The molecule has 0 radical (unpaired) electrons. The minimum atomic E-state index is -1.75. The Morgan fingerprint density at radius 1 is 1.38 bits per heavy atom. The monoisotopic (exact) mass is 239 g/mol. The molecule has 84 valence electrons. The molecule has 1 aromatic carbocycles. The fourth-order valence-electron chi connectivity index (χ4n) is 1.50. The number of amides is 2. The van der Waals surface area contributed by atoms with Crippen LogP contribution in [0.25, 0.3) is 0 Å². The molecule has 1 heterocycles. The molecule has 5 heteroatoms. The smallest absolute Gasteiger partial charge is 0.271 e. The van der Waals surface area contributed by atoms with Gasteiger partial charge < -0.3 is 0 Å². The normalized spacial score (nSPS) is 17.6. The lowest BCUT2D eigenvalue weighted by atomic mass is 10.1. The highest BCUT2D eigenvalue weighted by Crippen LogP contribution is 2.25. The van der Waals surface area contributed by atoms with Crippen molar-refractivity contribution >= 4 is 22.9 Å². The first-order chi connectivity index (χ1) is 7.70. The van der Waals surface area contributed by atoms with E-state index in [0.717, 1.165) is 16.7 Å². The van der Waals surface area contributed by atoms with Gasteiger partial charge in [0.25, 0.3) is 11.1 Å². The Bertz CT molecular complexity index is 410. The van der Waals surface area contributed by atoms with E-state index in [-0.39, 0.29) is 10.8 Å². The Balaban J connectivity index is 2.13. The van der Waals surface area contributed by atoms with Crippen LogP contribution in [0.5, 0.6) is 0 Å². The van der Waals surface area contributed by atoms with Crippen molar-refractivity contribution in [2.75, 3.05) is 12.3 Å². The molecule has 2 amide bonds. The van der Waals surface area contributed by atoms with Gasteiger partial charge in [-0.05, 0) is 5.56 Å². The molecule has 0 spiro atoms. The van der Waals surface area contributed by atoms with Gasteiger partial charge in [-0.25, -0.2) is 4.39 Å². The largest absolute Gasteiger partial charge is 0.288 e. The van der Waals surface area contributed by atoms with Crippen molar-refractivity contribution in [2.24, 2.45) is 0 Å². The molecule has 1 fully saturated rings. The molecule has 0 aliphatic carbocycles. The summed E-state index contributed by atoms with van der Waals surface area (Å²) in [5.41, 5.74) is 0.289. The van der Waals surface area contributed by atoms with Crippen molar-refractivity contribution in [1.82, 2.24) is 4.90 Å². The maximum absolute atomic E-state index is 13.8. The predicted molar refractivity (Wildman–Crippen MR) is 59.9 cm³/mol. The van der Waals surface area contributed by atoms with E-state index in [1.54, 1.807) is 18.2 Å². The van der Waals surface area contributed by atoms with E-state index < -0.39 is 12.1 Å². The Morgan fingerprint density at radius 3 is 2.62 bits per heavy atom. The number of thioether (sulfide) groups is 1. The van der Waals surface area contributed by atoms with Crippen molar-refractivity contribution in [2.45, 2.75) is 6.17 Å². The highest BCUT2D eigenvalue weighted by molar-refractivity contribution is 8.13. The molecule has 3 nitrogen and oxygen atoms in total. The third-order valence-corrected chi connectivity index (χ3v) is 3.19. The van der Waals surface area contributed by atoms with Crippen molar-refractivity contribution in [1.29, 1.82) is 0 Å². The predicted octanol–water partition coefficient (Wildman–Crippen LogP) is 2.39. The molecule has 0 bridgehead atoms. The van der Waals surface area contributed by atoms with Gasteiger partial charge in [0.2, 0.25) is 6.17 Å². The summed E-state index contributed by atoms with van der Waals surface area (Å²) < 4.78 is 13.8. The Morgan fingerprint density at radius 2 is 2.06 bits per heavy atom. The average Bonchev–Trinajstić information content (AvgIpc) is 2.75. The maximum atomic E-state index is 13.8. The van der Waals surface area contributed by atoms with Gasteiger partial charge in [0.15, 0.2) is 0 Å². The molecule has 1 aliphatic heterocycles. The lowest BCUT2D eigenvalue weighted by Gasteiger charge is -2.15. The van der Waals surface area contributed by atoms with Crippen LogP contribution in [0.4, 0.5) is 9.18 Å². The lowest BCUT2D eigenvalue weighted by molar-refractivity contribution is -0.132. The number of benzene rings is 1.